The minimum absolute atomic E-state index is 0.0682. The highest BCUT2D eigenvalue weighted by molar-refractivity contribution is 6.31. The minimum atomic E-state index is -0.354. The zero-order chi connectivity index (χ0) is 35.8. The molecule has 256 valence electrons. The molecule has 1 fully saturated rings. The lowest BCUT2D eigenvalue weighted by Crippen LogP contribution is -2.16. The van der Waals surface area contributed by atoms with Crippen LogP contribution < -0.4 is 16.0 Å². The fraction of sp³-hybridized carbons (Fsp3) is 0.308. The van der Waals surface area contributed by atoms with E-state index in [1.54, 1.807) is 0 Å². The first-order valence-corrected chi connectivity index (χ1v) is 16.2. The van der Waals surface area contributed by atoms with Crippen LogP contribution in [0.2, 0.25) is 0 Å². The number of aromatic amines is 2. The molecule has 0 spiro atoms. The number of H-pyrrole nitrogens is 2. The third-order valence-electron chi connectivity index (χ3n) is 8.83. The van der Waals surface area contributed by atoms with Crippen LogP contribution >= 0.6 is 0 Å². The maximum absolute atomic E-state index is 12.5. The summed E-state index contributed by atoms with van der Waals surface area (Å²) in [4.78, 5) is 61.2. The van der Waals surface area contributed by atoms with Gasteiger partial charge in [0.2, 0.25) is 5.91 Å². The van der Waals surface area contributed by atoms with E-state index in [2.05, 4.69) is 40.0 Å². The maximum Gasteiger partial charge on any atom is 0.306 e. The molecule has 10 heteroatoms. The van der Waals surface area contributed by atoms with Gasteiger partial charge in [-0.05, 0) is 99.1 Å². The molecule has 1 unspecified atom stereocenters. The van der Waals surface area contributed by atoms with Gasteiger partial charge in [-0.25, -0.2) is 4.99 Å². The van der Waals surface area contributed by atoms with E-state index in [-0.39, 0.29) is 55.7 Å². The van der Waals surface area contributed by atoms with Gasteiger partial charge in [-0.3, -0.25) is 19.2 Å². The number of nitrogens with zero attached hydrogens (tertiary/aromatic N) is 1. The lowest BCUT2D eigenvalue weighted by atomic mass is 10.00. The van der Waals surface area contributed by atoms with E-state index in [1.165, 1.54) is 18.2 Å². The van der Waals surface area contributed by atoms with Crippen molar-refractivity contribution in [2.24, 2.45) is 10.9 Å². The molecule has 1 atom stereocenters. The summed E-state index contributed by atoms with van der Waals surface area (Å²) in [6.45, 7) is 20.7. The van der Waals surface area contributed by atoms with Gasteiger partial charge in [0.15, 0.2) is 0 Å². The largest absolute Gasteiger partial charge is 0.461 e. The Bertz CT molecular complexity index is 1980. The number of hydrogen-bond acceptors (Lipinski definition) is 6. The van der Waals surface area contributed by atoms with E-state index in [0.717, 1.165) is 55.5 Å². The molecule has 4 rings (SSSR count). The topological polar surface area (TPSA) is 143 Å². The number of allylic oxidation sites excluding steroid dienone is 3. The van der Waals surface area contributed by atoms with Gasteiger partial charge in [-0.1, -0.05) is 44.0 Å². The second-order valence-electron chi connectivity index (χ2n) is 11.9. The molecule has 2 aliphatic rings. The highest BCUT2D eigenvalue weighted by Crippen LogP contribution is 2.29. The van der Waals surface area contributed by atoms with Crippen LogP contribution in [-0.2, 0) is 41.5 Å². The second-order valence-corrected chi connectivity index (χ2v) is 11.9. The maximum atomic E-state index is 12.5. The van der Waals surface area contributed by atoms with Crippen molar-refractivity contribution >= 4 is 47.7 Å². The van der Waals surface area contributed by atoms with Crippen molar-refractivity contribution in [3.8, 4) is 0 Å². The molecular weight excluding hydrogens is 620 g/mol. The molecule has 0 bridgehead atoms. The number of carbonyl (C=O) groups is 4. The number of hydrogen-bond donors (Lipinski definition) is 3. The monoisotopic (exact) mass is 664 g/mol. The molecule has 2 aromatic heterocycles. The highest BCUT2D eigenvalue weighted by atomic mass is 16.5. The van der Waals surface area contributed by atoms with Crippen molar-refractivity contribution in [3.05, 3.63) is 111 Å². The van der Waals surface area contributed by atoms with Crippen LogP contribution in [0.15, 0.2) is 71.4 Å². The summed E-state index contributed by atoms with van der Waals surface area (Å²) >= 11 is 0. The molecule has 3 N–H and O–H groups in total. The molecule has 0 radical (unpaired) electrons. The van der Waals surface area contributed by atoms with Gasteiger partial charge in [0.05, 0.1) is 11.6 Å². The van der Waals surface area contributed by atoms with Gasteiger partial charge in [0.1, 0.15) is 13.2 Å². The molecule has 10 nitrogen and oxygen atoms in total. The lowest BCUT2D eigenvalue weighted by molar-refractivity contribution is -0.143. The van der Waals surface area contributed by atoms with E-state index in [1.807, 2.05) is 58.9 Å². The predicted molar refractivity (Wildman–Crippen MR) is 192 cm³/mol. The fourth-order valence-corrected chi connectivity index (χ4v) is 6.01. The third kappa shape index (κ3) is 8.14. The Kier molecular flexibility index (Phi) is 11.9. The SMILES string of the molecule is C=CCOC(=O)CCc1c(/C=c2\[nH]/c(=C/C3=NC(=O)C(C=C)=C3C)c(C)c2CCC(=O)OCC=C)[nH]c(/C=C2\NC(=O)C(C)\C2=C\C)c1C. The molecule has 49 heavy (non-hydrogen) atoms. The number of esters is 2. The summed E-state index contributed by atoms with van der Waals surface area (Å²) in [5.41, 5.74) is 8.46. The number of amides is 2. The first-order chi connectivity index (χ1) is 23.4. The van der Waals surface area contributed by atoms with Gasteiger partial charge in [0.25, 0.3) is 5.91 Å². The number of aromatic nitrogens is 2. The zero-order valence-electron chi connectivity index (χ0n) is 28.9. The highest BCUT2D eigenvalue weighted by Gasteiger charge is 2.29. The quantitative estimate of drug-likeness (QED) is 0.202. The van der Waals surface area contributed by atoms with Crippen molar-refractivity contribution in [3.63, 3.8) is 0 Å². The molecule has 2 aromatic rings. The van der Waals surface area contributed by atoms with E-state index < -0.39 is 0 Å². The Morgan fingerprint density at radius 2 is 1.47 bits per heavy atom. The zero-order valence-corrected chi connectivity index (χ0v) is 28.9. The Morgan fingerprint density at radius 1 is 0.837 bits per heavy atom. The van der Waals surface area contributed by atoms with Crippen LogP contribution in [-0.4, -0.2) is 52.6 Å². The van der Waals surface area contributed by atoms with Gasteiger partial charge in [0, 0.05) is 46.2 Å². The number of ether oxygens (including phenoxy) is 2. The molecule has 2 aliphatic heterocycles. The summed E-state index contributed by atoms with van der Waals surface area (Å²) in [6, 6.07) is 0. The van der Waals surface area contributed by atoms with Crippen molar-refractivity contribution in [1.29, 1.82) is 0 Å². The third-order valence-corrected chi connectivity index (χ3v) is 8.83. The van der Waals surface area contributed by atoms with E-state index >= 15 is 0 Å². The van der Waals surface area contributed by atoms with Gasteiger partial charge >= 0.3 is 11.9 Å². The minimum Gasteiger partial charge on any atom is -0.461 e. The van der Waals surface area contributed by atoms with Crippen molar-refractivity contribution in [2.75, 3.05) is 13.2 Å². The summed E-state index contributed by atoms with van der Waals surface area (Å²) in [7, 11) is 0. The molecule has 0 aromatic carbocycles. The average molecular weight is 665 g/mol. The average Bonchev–Trinajstić information content (AvgIpc) is 3.72. The summed E-state index contributed by atoms with van der Waals surface area (Å²) in [5, 5.41) is 4.45. The van der Waals surface area contributed by atoms with Crippen molar-refractivity contribution in [2.45, 2.75) is 60.3 Å². The number of carbonyl (C=O) groups excluding carboxylic acids is 4. The predicted octanol–water partition coefficient (Wildman–Crippen LogP) is 4.43. The molecule has 0 aliphatic carbocycles. The second kappa shape index (κ2) is 16.1. The summed E-state index contributed by atoms with van der Waals surface area (Å²) in [5.74, 6) is -1.38. The molecule has 4 heterocycles. The lowest BCUT2D eigenvalue weighted by Gasteiger charge is -2.05. The molecule has 0 saturated carbocycles. The molecule has 2 amide bonds. The normalized spacial score (nSPS) is 18.4. The standard InChI is InChI=1S/C39H44N4O6/c1-9-17-48-36(44)15-13-28-23(6)30(19-32-22(5)27(12-4)39(47)42-32)40-34(28)21-35-29(14-16-37(45)49-18-10-2)24(7)31(41-35)20-33-26(11-3)25(8)38(46)43-33/h9-12,19-21,25,40-41H,1-2,4,13-18H2,3,5-8H3,(H,43,46)/b26-11-,30-19+,33-20-,34-21-. The van der Waals surface area contributed by atoms with Crippen LogP contribution in [0.4, 0.5) is 0 Å². The van der Waals surface area contributed by atoms with E-state index in [0.29, 0.717) is 29.8 Å². The number of nitrogens with one attached hydrogen (secondary N) is 3. The van der Waals surface area contributed by atoms with Crippen molar-refractivity contribution in [1.82, 2.24) is 15.3 Å². The number of rotatable bonds is 14. The van der Waals surface area contributed by atoms with Gasteiger partial charge in [-0.2, -0.15) is 0 Å². The van der Waals surface area contributed by atoms with Gasteiger partial charge < -0.3 is 24.8 Å². The summed E-state index contributed by atoms with van der Waals surface area (Å²) < 4.78 is 10.5. The van der Waals surface area contributed by atoms with Crippen LogP contribution in [0, 0.1) is 19.8 Å². The fourth-order valence-electron chi connectivity index (χ4n) is 6.01. The summed E-state index contributed by atoms with van der Waals surface area (Å²) in [6.07, 6.45) is 13.2. The first-order valence-electron chi connectivity index (χ1n) is 16.2. The molecular formula is C39H44N4O6. The van der Waals surface area contributed by atoms with Gasteiger partial charge in [-0.15, -0.1) is 0 Å². The van der Waals surface area contributed by atoms with Crippen LogP contribution in [0.25, 0.3) is 18.2 Å². The van der Waals surface area contributed by atoms with E-state index in [4.69, 9.17) is 9.47 Å². The number of aliphatic imine (C=N–C) groups is 1. The molecule has 1 saturated heterocycles. The Labute approximate surface area is 286 Å². The van der Waals surface area contributed by atoms with Crippen LogP contribution in [0.5, 0.6) is 0 Å². The Morgan fingerprint density at radius 3 is 2.04 bits per heavy atom. The van der Waals surface area contributed by atoms with E-state index in [9.17, 15) is 19.2 Å². The Hall–Kier alpha value is -5.51. The van der Waals surface area contributed by atoms with Crippen molar-refractivity contribution < 1.29 is 28.7 Å². The Balaban J connectivity index is 1.89. The first kappa shape index (κ1) is 36.3. The van der Waals surface area contributed by atoms with Crippen LogP contribution in [0.3, 0.4) is 0 Å². The van der Waals surface area contributed by atoms with Crippen LogP contribution in [0.1, 0.15) is 67.3 Å². The smallest absolute Gasteiger partial charge is 0.306 e.